The lowest BCUT2D eigenvalue weighted by atomic mass is 10.1. The number of nitrogens with one attached hydrogen (secondary N) is 3. The highest BCUT2D eigenvalue weighted by Crippen LogP contribution is 2.49. The molecule has 8 aliphatic heterocycles. The highest BCUT2D eigenvalue weighted by atomic mass is 35.5. The molecule has 148 heavy (non-hydrogen) atoms. The van der Waals surface area contributed by atoms with E-state index in [1.165, 1.54) is 11.3 Å². The molecule has 20 rings (SSSR count). The molecule has 4 aromatic heterocycles. The molecule has 0 unspecified atom stereocenters. The maximum absolute atomic E-state index is 14.7. The number of hydrogen-bond donors (Lipinski definition) is 3. The Morgan fingerprint density at radius 3 is 1.07 bits per heavy atom. The third-order valence-corrected chi connectivity index (χ3v) is 28.9. The van der Waals surface area contributed by atoms with E-state index in [0.29, 0.717) is 172 Å². The number of carbonyl (C=O) groups is 6. The number of anilines is 19. The summed E-state index contributed by atoms with van der Waals surface area (Å²) in [4.78, 5) is 142. The number of urea groups is 3. The van der Waals surface area contributed by atoms with Crippen molar-refractivity contribution in [2.75, 3.05) is 252 Å². The van der Waals surface area contributed by atoms with Gasteiger partial charge in [0.2, 0.25) is 35.6 Å². The molecule has 0 spiro atoms. The highest BCUT2D eigenvalue weighted by Gasteiger charge is 2.43. The van der Waals surface area contributed by atoms with Gasteiger partial charge in [-0.15, -0.1) is 0 Å². The van der Waals surface area contributed by atoms with Gasteiger partial charge in [0.1, 0.15) is 17.2 Å². The van der Waals surface area contributed by atoms with Crippen LogP contribution >= 0.6 is 11.6 Å². The second kappa shape index (κ2) is 45.3. The van der Waals surface area contributed by atoms with Crippen molar-refractivity contribution in [2.24, 2.45) is 0 Å². The average Bonchev–Trinajstić information content (AvgIpc) is 0.763. The number of hydrogen-bond acceptors (Lipinski definition) is 27. The van der Waals surface area contributed by atoms with Crippen LogP contribution in [0.15, 0.2) is 189 Å². The average molecular weight is 2020 g/mol. The molecule has 12 aromatic rings. The maximum Gasteiger partial charge on any atom is 0.335 e. The van der Waals surface area contributed by atoms with Gasteiger partial charge in [-0.05, 0) is 175 Å². The Bertz CT molecular complexity index is 6790. The number of rotatable bonds is 24. The van der Waals surface area contributed by atoms with Crippen LogP contribution in [0.5, 0.6) is 17.2 Å². The Morgan fingerprint density at radius 2 is 0.709 bits per heavy atom. The van der Waals surface area contributed by atoms with E-state index in [-0.39, 0.29) is 42.4 Å². The fourth-order valence-corrected chi connectivity index (χ4v) is 20.6. The van der Waals surface area contributed by atoms with E-state index < -0.39 is 0 Å². The zero-order valence-electron chi connectivity index (χ0n) is 87.0. The van der Waals surface area contributed by atoms with Gasteiger partial charge >= 0.3 is 18.1 Å². The molecule has 8 aromatic carbocycles. The fraction of sp³-hybridized carbons (Fsp3) is 0.373. The van der Waals surface area contributed by atoms with Crippen LogP contribution in [0.3, 0.4) is 0 Å². The molecule has 0 aliphatic carbocycles. The number of benzene rings is 8. The zero-order valence-corrected chi connectivity index (χ0v) is 87.8. The summed E-state index contributed by atoms with van der Waals surface area (Å²) < 4.78 is 19.7. The summed E-state index contributed by atoms with van der Waals surface area (Å²) in [6, 6.07) is 51.1. The number of amides is 9. The van der Waals surface area contributed by atoms with Crippen molar-refractivity contribution in [3.8, 4) is 17.2 Å². The molecule has 5 saturated heterocycles. The number of ether oxygens (including phenoxy) is 3. The number of aryl methyl sites for hydroxylation is 5. The van der Waals surface area contributed by atoms with Crippen molar-refractivity contribution in [1.29, 1.82) is 0 Å². The van der Waals surface area contributed by atoms with E-state index in [4.69, 9.17) is 45.7 Å². The van der Waals surface area contributed by atoms with Gasteiger partial charge in [0.15, 0.2) is 17.5 Å². The Labute approximate surface area is 869 Å². The molecule has 0 radical (unpaired) electrons. The van der Waals surface area contributed by atoms with Crippen LogP contribution in [-0.2, 0) is 47.1 Å². The number of aromatic nitrogens is 8. The van der Waals surface area contributed by atoms with Crippen molar-refractivity contribution in [2.45, 2.75) is 88.1 Å². The van der Waals surface area contributed by atoms with Gasteiger partial charge in [-0.1, -0.05) is 72.3 Å². The predicted molar refractivity (Wildman–Crippen MR) is 584 cm³/mol. The van der Waals surface area contributed by atoms with Crippen LogP contribution in [0, 0.1) is 34.6 Å². The van der Waals surface area contributed by atoms with E-state index in [1.807, 2.05) is 196 Å². The summed E-state index contributed by atoms with van der Waals surface area (Å²) in [5.41, 5.74) is 19.1. The maximum atomic E-state index is 14.7. The minimum Gasteiger partial charge on any atom is -0.494 e. The molecule has 3 N–H and O–H groups in total. The highest BCUT2D eigenvalue weighted by molar-refractivity contribution is 6.34. The van der Waals surface area contributed by atoms with Crippen LogP contribution in [0.25, 0.3) is 0 Å². The Kier molecular flexibility index (Phi) is 31.4. The summed E-state index contributed by atoms with van der Waals surface area (Å²) >= 11 is 6.71. The standard InChI is InChI=1S/C39H47N9O3.C37H42ClN9O3.C34H42N10O3/c1-27-7-6-8-28(2)36(27)47-26-31-24-40-38(41-32-11-9-30(10-12-32)25-44-17-15-43(4)16-18-44)42-37(31)48(39(47)50)34-14-13-33(23-35(34)51-5)46-21-19-45(20-22-46)29(3)49;1-25-6-5-7-31(38)34(25)46-24-27-23-39-36(40-28-8-10-29(11-9-28)44-16-14-42(3)15-17-44)41-35(27)47(37(46)49)32-13-12-30(22-33(32)50-4)45-20-18-43(19-21-45)26(2)48;1-23-8-7-9-24(2)31(23)43-21-26-19-35-33(37-27-20-36-42(22-27)17-12-39(4)5)38-32(26)44(34(43)46)29-11-10-28(18-30(29)47-6)41-15-13-40(14-16-41)25(3)45/h6-14,23-24H,15-22,25-26H2,1-5H3,(H,40,41,42);5-13,22-23H,14-21,24H2,1-4H3,(H,39,40,41);7-11,18-20,22H,12-17,21H2,1-6H3,(H,35,37,38). The first-order valence-electron chi connectivity index (χ1n) is 50.4. The molecule has 5 fully saturated rings. The number of nitrogens with zero attached hydrogens (tertiary/aromatic N) is 25. The third kappa shape index (κ3) is 22.7. The summed E-state index contributed by atoms with van der Waals surface area (Å²) in [6.45, 7) is 34.8. The minimum atomic E-state index is -0.309. The molecule has 9 amide bonds. The SMILES string of the molecule is COc1cc(N2CCN(C(C)=O)CC2)ccc1N1C(=O)N(c2c(C)cccc2C)Cc2cnc(Nc3ccc(CN4CCN(C)CC4)cc3)nc21.COc1cc(N2CCN(C(C)=O)CC2)ccc1N1C(=O)N(c2c(C)cccc2C)Cc2cnc(Nc3cnn(CCN(C)C)c3)nc21.COc1cc(N2CCN(C(C)=O)CC2)ccc1N1C(=O)N(c2c(C)cccc2Cl)Cc2cnc(Nc3ccc(N4CCN(C)CC4)cc3)nc21. The molecule has 0 bridgehead atoms. The molecule has 8 aliphatic rings. The van der Waals surface area contributed by atoms with Crippen molar-refractivity contribution in [1.82, 2.24) is 74.0 Å². The smallest absolute Gasteiger partial charge is 0.335 e. The monoisotopic (exact) mass is 2020 g/mol. The number of likely N-dealkylation sites (N-methyl/N-ethyl adjacent to an activating group) is 3. The van der Waals surface area contributed by atoms with E-state index in [9.17, 15) is 28.8 Å². The van der Waals surface area contributed by atoms with Crippen LogP contribution in [0.4, 0.5) is 124 Å². The summed E-state index contributed by atoms with van der Waals surface area (Å²) in [5.74, 6) is 4.43. The van der Waals surface area contributed by atoms with E-state index in [2.05, 4.69) is 121 Å². The van der Waals surface area contributed by atoms with Gasteiger partial charge in [0.05, 0.1) is 98.5 Å². The van der Waals surface area contributed by atoms with Crippen LogP contribution < -0.4 is 79.2 Å². The summed E-state index contributed by atoms with van der Waals surface area (Å²) in [5, 5.41) is 14.9. The summed E-state index contributed by atoms with van der Waals surface area (Å²) in [7, 11) is 13.2. The fourth-order valence-electron chi connectivity index (χ4n) is 20.2. The Morgan fingerprint density at radius 1 is 0.385 bits per heavy atom. The van der Waals surface area contributed by atoms with Gasteiger partial charge in [0, 0.05) is 259 Å². The first-order chi connectivity index (χ1) is 71.5. The summed E-state index contributed by atoms with van der Waals surface area (Å²) in [6.07, 6.45) is 8.99. The van der Waals surface area contributed by atoms with Gasteiger partial charge in [-0.2, -0.15) is 20.1 Å². The third-order valence-electron chi connectivity index (χ3n) is 28.6. The number of piperazine rings is 5. The first kappa shape index (κ1) is 103. The second-order valence-corrected chi connectivity index (χ2v) is 39.4. The van der Waals surface area contributed by atoms with Crippen LogP contribution in [0.2, 0.25) is 5.02 Å². The zero-order chi connectivity index (χ0) is 104. The molecular weight excluding hydrogens is 1890 g/mol. The number of para-hydroxylation sites is 3. The molecular formula is C110H131ClN28O9. The topological polar surface area (TPSA) is 316 Å². The van der Waals surface area contributed by atoms with E-state index in [0.717, 1.165) is 162 Å². The molecule has 0 saturated carbocycles. The number of methoxy groups -OCH3 is 3. The van der Waals surface area contributed by atoms with Crippen molar-refractivity contribution < 1.29 is 43.0 Å². The van der Waals surface area contributed by atoms with Gasteiger partial charge in [-0.3, -0.25) is 38.7 Å². The number of carbonyl (C=O) groups excluding carboxylic acids is 6. The number of fused-ring (bicyclic) bond motifs is 3. The Hall–Kier alpha value is -15.4. The van der Waals surface area contributed by atoms with Gasteiger partial charge in [0.25, 0.3) is 0 Å². The van der Waals surface area contributed by atoms with Crippen molar-refractivity contribution >= 4 is 157 Å². The normalized spacial score (nSPS) is 16.3. The molecule has 772 valence electrons. The molecule has 38 heteroatoms. The van der Waals surface area contributed by atoms with Crippen LogP contribution in [-0.4, -0.2) is 297 Å². The van der Waals surface area contributed by atoms with Crippen molar-refractivity contribution in [3.63, 3.8) is 0 Å². The first-order valence-corrected chi connectivity index (χ1v) is 50.8. The molecule has 12 heterocycles. The minimum absolute atomic E-state index is 0.0803. The van der Waals surface area contributed by atoms with E-state index in [1.54, 1.807) is 96.2 Å². The van der Waals surface area contributed by atoms with Crippen LogP contribution in [0.1, 0.15) is 70.8 Å². The lowest BCUT2D eigenvalue weighted by molar-refractivity contribution is -0.129. The lowest BCUT2D eigenvalue weighted by Gasteiger charge is -2.38. The molecule has 0 atom stereocenters. The predicted octanol–water partition coefficient (Wildman–Crippen LogP) is 16.0. The Balaban J connectivity index is 0.000000145. The molecule has 37 nitrogen and oxygen atoms in total. The van der Waals surface area contributed by atoms with Gasteiger partial charge < -0.3 is 79.2 Å². The van der Waals surface area contributed by atoms with Crippen molar-refractivity contribution in [3.05, 3.63) is 244 Å². The largest absolute Gasteiger partial charge is 0.494 e. The number of halogens is 1. The quantitative estimate of drug-likeness (QED) is 0.0506. The van der Waals surface area contributed by atoms with Gasteiger partial charge in [-0.25, -0.2) is 44.0 Å². The lowest BCUT2D eigenvalue weighted by Crippen LogP contribution is -2.48. The van der Waals surface area contributed by atoms with E-state index >= 15 is 0 Å². The second-order valence-electron chi connectivity index (χ2n) is 39.0.